The van der Waals surface area contributed by atoms with E-state index < -0.39 is 0 Å². The van der Waals surface area contributed by atoms with E-state index in [1.54, 1.807) is 30.2 Å². The molecule has 2 aromatic rings. The van der Waals surface area contributed by atoms with Crippen molar-refractivity contribution in [1.82, 2.24) is 10.2 Å². The first-order chi connectivity index (χ1) is 16.0. The molecule has 0 aromatic heterocycles. The lowest BCUT2D eigenvalue weighted by Crippen LogP contribution is -2.43. The third kappa shape index (κ3) is 5.79. The smallest absolute Gasteiger partial charge is 0.321 e. The average molecular weight is 458 g/mol. The number of likely N-dealkylation sites (tertiary alicyclic amines) is 1. The van der Waals surface area contributed by atoms with Crippen molar-refractivity contribution < 1.29 is 28.5 Å². The van der Waals surface area contributed by atoms with Gasteiger partial charge in [-0.05, 0) is 43.0 Å². The molecule has 0 spiro atoms. The Morgan fingerprint density at radius 2 is 1.52 bits per heavy atom. The minimum atomic E-state index is -0.217. The average Bonchev–Trinajstić information content (AvgIpc) is 2.86. The normalized spacial score (nSPS) is 13.8. The number of para-hydroxylation sites is 2. The van der Waals surface area contributed by atoms with Crippen molar-refractivity contribution in [2.24, 2.45) is 5.92 Å². The fourth-order valence-corrected chi connectivity index (χ4v) is 3.83. The SMILES string of the molecule is COc1ccccc1NC(=O)N1CCC(CNC(=O)c2cc(OC)c(OC)c(OC)c2)CC1. The largest absolute Gasteiger partial charge is 0.495 e. The fraction of sp³-hybridized carbons (Fsp3) is 0.417. The maximum absolute atomic E-state index is 12.7. The van der Waals surface area contributed by atoms with Crippen LogP contribution < -0.4 is 29.6 Å². The quantitative estimate of drug-likeness (QED) is 0.631. The predicted molar refractivity (Wildman–Crippen MR) is 125 cm³/mol. The number of ether oxygens (including phenoxy) is 4. The van der Waals surface area contributed by atoms with Crippen LogP contribution in [0.25, 0.3) is 0 Å². The molecule has 9 nitrogen and oxygen atoms in total. The molecule has 0 atom stereocenters. The molecule has 0 aliphatic carbocycles. The van der Waals surface area contributed by atoms with Gasteiger partial charge >= 0.3 is 6.03 Å². The molecule has 1 aliphatic heterocycles. The van der Waals surface area contributed by atoms with Crippen molar-refractivity contribution in [2.45, 2.75) is 12.8 Å². The maximum atomic E-state index is 12.7. The lowest BCUT2D eigenvalue weighted by atomic mass is 9.97. The van der Waals surface area contributed by atoms with Crippen molar-refractivity contribution in [3.8, 4) is 23.0 Å². The van der Waals surface area contributed by atoms with Gasteiger partial charge in [-0.3, -0.25) is 4.79 Å². The van der Waals surface area contributed by atoms with Gasteiger partial charge in [0.2, 0.25) is 5.75 Å². The summed E-state index contributed by atoms with van der Waals surface area (Å²) in [5.74, 6) is 1.98. The number of anilines is 1. The Bertz CT molecular complexity index is 947. The molecule has 0 radical (unpaired) electrons. The number of nitrogens with zero attached hydrogens (tertiary/aromatic N) is 1. The number of amides is 3. The maximum Gasteiger partial charge on any atom is 0.321 e. The zero-order valence-corrected chi connectivity index (χ0v) is 19.5. The molecular weight excluding hydrogens is 426 g/mol. The number of benzene rings is 2. The molecule has 0 bridgehead atoms. The van der Waals surface area contributed by atoms with E-state index in [2.05, 4.69) is 10.6 Å². The zero-order valence-electron chi connectivity index (χ0n) is 19.5. The number of piperidine rings is 1. The highest BCUT2D eigenvalue weighted by Crippen LogP contribution is 2.38. The van der Waals surface area contributed by atoms with Crippen LogP contribution in [-0.2, 0) is 0 Å². The summed E-state index contributed by atoms with van der Waals surface area (Å²) in [6, 6.07) is 10.4. The predicted octanol–water partition coefficient (Wildman–Crippen LogP) is 3.39. The standard InChI is InChI=1S/C24H31N3O6/c1-30-19-8-6-5-7-18(19)26-24(29)27-11-9-16(10-12-27)15-25-23(28)17-13-20(31-2)22(33-4)21(14-17)32-3/h5-8,13-14,16H,9-12,15H2,1-4H3,(H,25,28)(H,26,29). The second kappa shape index (κ2) is 11.3. The van der Waals surface area contributed by atoms with Gasteiger partial charge in [-0.2, -0.15) is 0 Å². The van der Waals surface area contributed by atoms with Crippen LogP contribution in [0.15, 0.2) is 36.4 Å². The van der Waals surface area contributed by atoms with Crippen LogP contribution in [0.3, 0.4) is 0 Å². The molecular formula is C24H31N3O6. The third-order valence-electron chi connectivity index (χ3n) is 5.73. The lowest BCUT2D eigenvalue weighted by molar-refractivity contribution is 0.0938. The fourth-order valence-electron chi connectivity index (χ4n) is 3.83. The number of urea groups is 1. The molecule has 1 heterocycles. The van der Waals surface area contributed by atoms with Crippen molar-refractivity contribution >= 4 is 17.6 Å². The third-order valence-corrected chi connectivity index (χ3v) is 5.73. The number of carbonyl (C=O) groups excluding carboxylic acids is 2. The topological polar surface area (TPSA) is 98.4 Å². The van der Waals surface area contributed by atoms with Gasteiger partial charge in [0, 0.05) is 25.2 Å². The van der Waals surface area contributed by atoms with Crippen molar-refractivity contribution in [3.05, 3.63) is 42.0 Å². The van der Waals surface area contributed by atoms with Gasteiger partial charge in [-0.25, -0.2) is 4.79 Å². The number of rotatable bonds is 8. The first kappa shape index (κ1) is 24.0. The number of hydrogen-bond acceptors (Lipinski definition) is 6. The Kier molecular flexibility index (Phi) is 8.23. The van der Waals surface area contributed by atoms with Crippen LogP contribution in [-0.4, -0.2) is 64.9 Å². The Hall–Kier alpha value is -3.62. The monoisotopic (exact) mass is 457 g/mol. The minimum absolute atomic E-state index is 0.153. The molecule has 0 unspecified atom stereocenters. The summed E-state index contributed by atoms with van der Waals surface area (Å²) >= 11 is 0. The van der Waals surface area contributed by atoms with E-state index in [4.69, 9.17) is 18.9 Å². The lowest BCUT2D eigenvalue weighted by Gasteiger charge is -2.32. The zero-order chi connectivity index (χ0) is 23.8. The summed E-state index contributed by atoms with van der Waals surface area (Å²) in [5.41, 5.74) is 1.07. The second-order valence-corrected chi connectivity index (χ2v) is 7.68. The minimum Gasteiger partial charge on any atom is -0.495 e. The molecule has 2 aromatic carbocycles. The Labute approximate surface area is 193 Å². The molecule has 3 rings (SSSR count). The van der Waals surface area contributed by atoms with Crippen molar-refractivity contribution in [2.75, 3.05) is 53.4 Å². The molecule has 1 saturated heterocycles. The summed E-state index contributed by atoms with van der Waals surface area (Å²) < 4.78 is 21.2. The van der Waals surface area contributed by atoms with Crippen LogP contribution >= 0.6 is 0 Å². The molecule has 1 aliphatic rings. The van der Waals surface area contributed by atoms with E-state index in [1.807, 2.05) is 18.2 Å². The summed E-state index contributed by atoms with van der Waals surface area (Å²) in [6.07, 6.45) is 1.60. The molecule has 178 valence electrons. The van der Waals surface area contributed by atoms with Crippen LogP contribution in [0.1, 0.15) is 23.2 Å². The van der Waals surface area contributed by atoms with Gasteiger partial charge in [-0.15, -0.1) is 0 Å². The highest BCUT2D eigenvalue weighted by molar-refractivity contribution is 5.95. The number of carbonyl (C=O) groups is 2. The highest BCUT2D eigenvalue weighted by atomic mass is 16.5. The Morgan fingerprint density at radius 3 is 2.09 bits per heavy atom. The van der Waals surface area contributed by atoms with E-state index >= 15 is 0 Å². The molecule has 0 saturated carbocycles. The number of hydrogen-bond donors (Lipinski definition) is 2. The van der Waals surface area contributed by atoms with Crippen molar-refractivity contribution in [3.63, 3.8) is 0 Å². The second-order valence-electron chi connectivity index (χ2n) is 7.68. The van der Waals surface area contributed by atoms with Crippen LogP contribution in [0.2, 0.25) is 0 Å². The van der Waals surface area contributed by atoms with Gasteiger partial charge in [0.05, 0.1) is 34.1 Å². The summed E-state index contributed by atoms with van der Waals surface area (Å²) in [6.45, 7) is 1.76. The Morgan fingerprint density at radius 1 is 0.909 bits per heavy atom. The molecule has 9 heteroatoms. The van der Waals surface area contributed by atoms with E-state index in [0.29, 0.717) is 53.9 Å². The first-order valence-corrected chi connectivity index (χ1v) is 10.8. The number of nitrogens with one attached hydrogen (secondary N) is 2. The van der Waals surface area contributed by atoms with Crippen LogP contribution in [0.5, 0.6) is 23.0 Å². The molecule has 3 amide bonds. The van der Waals surface area contributed by atoms with Gasteiger partial charge in [0.25, 0.3) is 5.91 Å². The van der Waals surface area contributed by atoms with Crippen molar-refractivity contribution in [1.29, 1.82) is 0 Å². The van der Waals surface area contributed by atoms with Gasteiger partial charge < -0.3 is 34.5 Å². The number of methoxy groups -OCH3 is 4. The van der Waals surface area contributed by atoms with E-state index in [1.165, 1.54) is 21.3 Å². The van der Waals surface area contributed by atoms with E-state index in [-0.39, 0.29) is 17.9 Å². The van der Waals surface area contributed by atoms with Gasteiger partial charge in [-0.1, -0.05) is 12.1 Å². The van der Waals surface area contributed by atoms with Gasteiger partial charge in [0.1, 0.15) is 5.75 Å². The van der Waals surface area contributed by atoms with Crippen LogP contribution in [0.4, 0.5) is 10.5 Å². The van der Waals surface area contributed by atoms with E-state index in [9.17, 15) is 9.59 Å². The van der Waals surface area contributed by atoms with E-state index in [0.717, 1.165) is 12.8 Å². The molecule has 1 fully saturated rings. The first-order valence-electron chi connectivity index (χ1n) is 10.8. The summed E-state index contributed by atoms with van der Waals surface area (Å²) in [7, 11) is 6.11. The Balaban J connectivity index is 1.51. The highest BCUT2D eigenvalue weighted by Gasteiger charge is 2.24. The summed E-state index contributed by atoms with van der Waals surface area (Å²) in [4.78, 5) is 27.1. The van der Waals surface area contributed by atoms with Gasteiger partial charge in [0.15, 0.2) is 11.5 Å². The molecule has 2 N–H and O–H groups in total. The summed E-state index contributed by atoms with van der Waals surface area (Å²) in [5, 5.41) is 5.89. The van der Waals surface area contributed by atoms with Crippen LogP contribution in [0, 0.1) is 5.92 Å². The molecule has 33 heavy (non-hydrogen) atoms.